The van der Waals surface area contributed by atoms with Gasteiger partial charge in [0.2, 0.25) is 9.84 Å². The summed E-state index contributed by atoms with van der Waals surface area (Å²) in [5.41, 5.74) is -0.715. The maximum absolute atomic E-state index is 12.4. The van der Waals surface area contributed by atoms with E-state index < -0.39 is 19.7 Å². The van der Waals surface area contributed by atoms with Crippen molar-refractivity contribution in [3.05, 3.63) is 66.3 Å². The molecule has 0 aliphatic heterocycles. The Morgan fingerprint density at radius 3 is 2.14 bits per heavy atom. The standard InChI is InChI=1S/C12H7IN2O6S/c13-11-5-4-10(7-12(11)15(18)19)22(20,21)9-3-1-2-8(6-9)14(16)17/h1-7H. The highest BCUT2D eigenvalue weighted by Crippen LogP contribution is 2.29. The molecule has 2 rings (SSSR count). The number of rotatable bonds is 4. The summed E-state index contributed by atoms with van der Waals surface area (Å²) >= 11 is 1.72. The smallest absolute Gasteiger partial charge is 0.258 e. The first-order valence-corrected chi connectivity index (χ1v) is 8.23. The van der Waals surface area contributed by atoms with Gasteiger partial charge < -0.3 is 0 Å². The number of hydrogen-bond acceptors (Lipinski definition) is 6. The first-order chi connectivity index (χ1) is 10.2. The van der Waals surface area contributed by atoms with E-state index in [1.54, 1.807) is 22.6 Å². The van der Waals surface area contributed by atoms with Crippen LogP contribution in [0, 0.1) is 23.8 Å². The normalized spacial score (nSPS) is 11.1. The minimum atomic E-state index is -4.08. The highest BCUT2D eigenvalue weighted by atomic mass is 127. The van der Waals surface area contributed by atoms with Crippen molar-refractivity contribution in [1.29, 1.82) is 0 Å². The monoisotopic (exact) mass is 434 g/mol. The highest BCUT2D eigenvalue weighted by molar-refractivity contribution is 14.1. The van der Waals surface area contributed by atoms with Gasteiger partial charge in [-0.2, -0.15) is 0 Å². The number of nitro groups is 2. The number of non-ortho nitro benzene ring substituents is 1. The van der Waals surface area contributed by atoms with E-state index in [2.05, 4.69) is 0 Å². The molecule has 0 bridgehead atoms. The van der Waals surface area contributed by atoms with Crippen LogP contribution in [0.5, 0.6) is 0 Å². The predicted octanol–water partition coefficient (Wildman–Crippen LogP) is 2.94. The van der Waals surface area contributed by atoms with Crippen molar-refractivity contribution in [3.8, 4) is 0 Å². The van der Waals surface area contributed by atoms with Crippen LogP contribution in [0.15, 0.2) is 52.3 Å². The van der Waals surface area contributed by atoms with Crippen molar-refractivity contribution < 1.29 is 18.3 Å². The number of benzene rings is 2. The molecule has 0 aliphatic rings. The van der Waals surface area contributed by atoms with E-state index in [0.29, 0.717) is 3.57 Å². The van der Waals surface area contributed by atoms with Crippen molar-refractivity contribution in [1.82, 2.24) is 0 Å². The Labute approximate surface area is 138 Å². The van der Waals surface area contributed by atoms with E-state index in [0.717, 1.165) is 18.2 Å². The summed E-state index contributed by atoms with van der Waals surface area (Å²) in [4.78, 5) is 19.6. The van der Waals surface area contributed by atoms with Crippen molar-refractivity contribution in [3.63, 3.8) is 0 Å². The lowest BCUT2D eigenvalue weighted by Gasteiger charge is -2.05. The summed E-state index contributed by atoms with van der Waals surface area (Å²) in [5.74, 6) is 0. The largest absolute Gasteiger partial charge is 0.283 e. The number of nitro benzene ring substituents is 2. The molecule has 0 amide bonds. The second-order valence-corrected chi connectivity index (χ2v) is 7.24. The highest BCUT2D eigenvalue weighted by Gasteiger charge is 2.23. The Morgan fingerprint density at radius 2 is 1.55 bits per heavy atom. The van der Waals surface area contributed by atoms with Crippen molar-refractivity contribution in [2.45, 2.75) is 9.79 Å². The van der Waals surface area contributed by atoms with Gasteiger partial charge in [-0.15, -0.1) is 0 Å². The van der Waals surface area contributed by atoms with Crippen molar-refractivity contribution in [2.24, 2.45) is 0 Å². The first-order valence-electron chi connectivity index (χ1n) is 5.67. The lowest BCUT2D eigenvalue weighted by molar-refractivity contribution is -0.386. The van der Waals surface area contributed by atoms with Gasteiger partial charge in [0.05, 0.1) is 23.2 Å². The minimum absolute atomic E-state index is 0.292. The zero-order valence-corrected chi connectivity index (χ0v) is 13.6. The average molecular weight is 434 g/mol. The molecule has 0 saturated heterocycles. The van der Waals surface area contributed by atoms with Gasteiger partial charge in [-0.05, 0) is 40.8 Å². The Morgan fingerprint density at radius 1 is 0.909 bits per heavy atom. The Bertz CT molecular complexity index is 881. The topological polar surface area (TPSA) is 120 Å². The third-order valence-corrected chi connectivity index (χ3v) is 5.42. The minimum Gasteiger partial charge on any atom is -0.258 e. The predicted molar refractivity (Wildman–Crippen MR) is 84.4 cm³/mol. The maximum atomic E-state index is 12.4. The third kappa shape index (κ3) is 3.06. The summed E-state index contributed by atoms with van der Waals surface area (Å²) in [7, 11) is -4.08. The molecule has 0 spiro atoms. The van der Waals surface area contributed by atoms with Gasteiger partial charge in [0.25, 0.3) is 11.4 Å². The zero-order chi connectivity index (χ0) is 16.5. The fourth-order valence-corrected chi connectivity index (χ4v) is 3.55. The maximum Gasteiger partial charge on any atom is 0.283 e. The summed E-state index contributed by atoms with van der Waals surface area (Å²) in [6, 6.07) is 7.99. The van der Waals surface area contributed by atoms with Crippen LogP contribution in [0.25, 0.3) is 0 Å². The van der Waals surface area contributed by atoms with E-state index in [1.165, 1.54) is 24.3 Å². The second kappa shape index (κ2) is 5.96. The quantitative estimate of drug-likeness (QED) is 0.415. The van der Waals surface area contributed by atoms with E-state index in [-0.39, 0.29) is 21.2 Å². The SMILES string of the molecule is O=[N+]([O-])c1cccc(S(=O)(=O)c2ccc(I)c([N+](=O)[O-])c2)c1. The number of sulfone groups is 1. The Balaban J connectivity index is 2.60. The van der Waals surface area contributed by atoms with E-state index >= 15 is 0 Å². The average Bonchev–Trinajstić information content (AvgIpc) is 2.47. The molecule has 0 N–H and O–H groups in total. The van der Waals surface area contributed by atoms with Crippen LogP contribution in [0.3, 0.4) is 0 Å². The summed E-state index contributed by atoms with van der Waals surface area (Å²) < 4.78 is 25.2. The Hall–Kier alpha value is -2.08. The molecule has 0 aromatic heterocycles. The molecule has 2 aromatic rings. The van der Waals surface area contributed by atoms with Crippen LogP contribution in [0.4, 0.5) is 11.4 Å². The van der Waals surface area contributed by atoms with Crippen LogP contribution < -0.4 is 0 Å². The molecule has 22 heavy (non-hydrogen) atoms. The third-order valence-electron chi connectivity index (χ3n) is 2.76. The molecule has 114 valence electrons. The molecular weight excluding hydrogens is 427 g/mol. The molecule has 2 aromatic carbocycles. The van der Waals surface area contributed by atoms with E-state index in [4.69, 9.17) is 0 Å². The van der Waals surface area contributed by atoms with Crippen LogP contribution >= 0.6 is 22.6 Å². The molecule has 8 nitrogen and oxygen atoms in total. The second-order valence-electron chi connectivity index (χ2n) is 4.13. The van der Waals surface area contributed by atoms with Gasteiger partial charge in [-0.25, -0.2) is 8.42 Å². The Kier molecular flexibility index (Phi) is 4.42. The molecule has 0 unspecified atom stereocenters. The number of nitrogens with zero attached hydrogens (tertiary/aromatic N) is 2. The molecule has 0 heterocycles. The molecule has 0 aliphatic carbocycles. The molecular formula is C12H7IN2O6S. The van der Waals surface area contributed by atoms with E-state index in [9.17, 15) is 28.6 Å². The summed E-state index contributed by atoms with van der Waals surface area (Å²) in [6.07, 6.45) is 0. The summed E-state index contributed by atoms with van der Waals surface area (Å²) in [5, 5.41) is 21.6. The van der Waals surface area contributed by atoms with Crippen LogP contribution in [-0.2, 0) is 9.84 Å². The number of hydrogen-bond donors (Lipinski definition) is 0. The van der Waals surface area contributed by atoms with Crippen molar-refractivity contribution >= 4 is 43.8 Å². The van der Waals surface area contributed by atoms with Gasteiger partial charge in [0, 0.05) is 18.2 Å². The fraction of sp³-hybridized carbons (Fsp3) is 0. The van der Waals surface area contributed by atoms with Crippen LogP contribution in [0.1, 0.15) is 0 Å². The lowest BCUT2D eigenvalue weighted by atomic mass is 10.3. The molecule has 0 fully saturated rings. The van der Waals surface area contributed by atoms with Gasteiger partial charge in [0.15, 0.2) is 0 Å². The van der Waals surface area contributed by atoms with Gasteiger partial charge in [-0.1, -0.05) is 6.07 Å². The van der Waals surface area contributed by atoms with Gasteiger partial charge >= 0.3 is 0 Å². The fourth-order valence-electron chi connectivity index (χ4n) is 1.70. The number of halogens is 1. The molecule has 0 radical (unpaired) electrons. The molecule has 0 atom stereocenters. The van der Waals surface area contributed by atoms with Gasteiger partial charge in [0.1, 0.15) is 0 Å². The van der Waals surface area contributed by atoms with E-state index in [1.807, 2.05) is 0 Å². The lowest BCUT2D eigenvalue weighted by Crippen LogP contribution is -2.04. The zero-order valence-electron chi connectivity index (χ0n) is 10.7. The molecule has 0 saturated carbocycles. The van der Waals surface area contributed by atoms with Crippen molar-refractivity contribution in [2.75, 3.05) is 0 Å². The summed E-state index contributed by atoms with van der Waals surface area (Å²) in [6.45, 7) is 0. The van der Waals surface area contributed by atoms with Crippen LogP contribution in [0.2, 0.25) is 0 Å². The van der Waals surface area contributed by atoms with Gasteiger partial charge in [-0.3, -0.25) is 20.2 Å². The van der Waals surface area contributed by atoms with Crippen LogP contribution in [-0.4, -0.2) is 18.3 Å². The molecule has 10 heteroatoms. The first kappa shape index (κ1) is 16.3.